The summed E-state index contributed by atoms with van der Waals surface area (Å²) in [5, 5.41) is 12.1. The van der Waals surface area contributed by atoms with Crippen LogP contribution in [-0.2, 0) is 10.3 Å². The fraction of sp³-hybridized carbons (Fsp3) is 0.333. The van der Waals surface area contributed by atoms with Crippen LogP contribution in [0.5, 0.6) is 11.5 Å². The first-order valence-corrected chi connectivity index (χ1v) is 9.90. The molecule has 0 aliphatic carbocycles. The summed E-state index contributed by atoms with van der Waals surface area (Å²) in [6.45, 7) is 4.51. The second-order valence-corrected chi connectivity index (χ2v) is 7.44. The van der Waals surface area contributed by atoms with Crippen LogP contribution in [0.15, 0.2) is 54.6 Å². The molecular weight excluding hydrogens is 383 g/mol. The van der Waals surface area contributed by atoms with Crippen LogP contribution in [0.1, 0.15) is 37.8 Å². The molecule has 6 heteroatoms. The van der Waals surface area contributed by atoms with E-state index in [4.69, 9.17) is 9.47 Å². The number of methoxy groups -OCH3 is 1. The molecule has 156 valence electrons. The van der Waals surface area contributed by atoms with Crippen molar-refractivity contribution in [3.63, 3.8) is 0 Å². The van der Waals surface area contributed by atoms with Gasteiger partial charge in [-0.1, -0.05) is 37.6 Å². The smallest absolute Gasteiger partial charge is 0.298 e. The first kappa shape index (κ1) is 21.4. The molecule has 1 N–H and O–H groups in total. The number of hydrogen-bond acceptors (Lipinski definition) is 4. The highest BCUT2D eigenvalue weighted by molar-refractivity contribution is 6.05. The summed E-state index contributed by atoms with van der Waals surface area (Å²) in [7, 11) is 1.53. The zero-order valence-corrected chi connectivity index (χ0v) is 17.4. The van der Waals surface area contributed by atoms with Crippen molar-refractivity contribution in [2.45, 2.75) is 37.9 Å². The Morgan fingerprint density at radius 3 is 2.30 bits per heavy atom. The fourth-order valence-electron chi connectivity index (χ4n) is 3.42. The van der Waals surface area contributed by atoms with Gasteiger partial charge in [-0.3, -0.25) is 4.79 Å². The number of nitrogens with zero attached hydrogens (tertiary/aromatic N) is 1. The van der Waals surface area contributed by atoms with Crippen molar-refractivity contribution < 1.29 is 18.7 Å². The van der Waals surface area contributed by atoms with Crippen molar-refractivity contribution in [1.29, 1.82) is 5.26 Å². The van der Waals surface area contributed by atoms with Gasteiger partial charge in [0.1, 0.15) is 17.6 Å². The first-order valence-electron chi connectivity index (χ1n) is 9.90. The number of alkyl halides is 1. The van der Waals surface area contributed by atoms with Gasteiger partial charge in [-0.2, -0.15) is 5.26 Å². The Kier molecular flexibility index (Phi) is 6.12. The van der Waals surface area contributed by atoms with Gasteiger partial charge >= 0.3 is 0 Å². The van der Waals surface area contributed by atoms with Crippen molar-refractivity contribution in [3.8, 4) is 17.6 Å². The van der Waals surface area contributed by atoms with Crippen LogP contribution in [0, 0.1) is 11.3 Å². The SMILES string of the molecule is CCCCOc1ccc([C@@]2(C)C=C(c3ccc(OC)cc3)C(F)(C#N)C(=O)N2)cc1. The van der Waals surface area contributed by atoms with Crippen LogP contribution in [0.25, 0.3) is 5.57 Å². The monoisotopic (exact) mass is 408 g/mol. The Hall–Kier alpha value is -3.33. The van der Waals surface area contributed by atoms with Gasteiger partial charge in [0.25, 0.3) is 11.6 Å². The molecule has 30 heavy (non-hydrogen) atoms. The van der Waals surface area contributed by atoms with E-state index in [2.05, 4.69) is 12.2 Å². The summed E-state index contributed by atoms with van der Waals surface area (Å²) in [5.74, 6) is 0.348. The van der Waals surface area contributed by atoms with Gasteiger partial charge in [0.15, 0.2) is 0 Å². The van der Waals surface area contributed by atoms with Crippen molar-refractivity contribution in [3.05, 3.63) is 65.7 Å². The molecule has 0 saturated heterocycles. The van der Waals surface area contributed by atoms with Gasteiger partial charge < -0.3 is 14.8 Å². The van der Waals surface area contributed by atoms with Crippen LogP contribution in [0.2, 0.25) is 0 Å². The van der Waals surface area contributed by atoms with Crippen LogP contribution in [-0.4, -0.2) is 25.3 Å². The number of hydrogen-bond donors (Lipinski definition) is 1. The highest BCUT2D eigenvalue weighted by Gasteiger charge is 2.50. The molecule has 1 unspecified atom stereocenters. The van der Waals surface area contributed by atoms with Crippen LogP contribution >= 0.6 is 0 Å². The summed E-state index contributed by atoms with van der Waals surface area (Å²) in [5.41, 5.74) is -2.55. The molecule has 3 rings (SSSR count). The molecule has 0 radical (unpaired) electrons. The number of carbonyl (C=O) groups is 1. The van der Waals surface area contributed by atoms with Gasteiger partial charge in [-0.25, -0.2) is 4.39 Å². The minimum absolute atomic E-state index is 0.0159. The second-order valence-electron chi connectivity index (χ2n) is 7.44. The average Bonchev–Trinajstić information content (AvgIpc) is 2.77. The molecule has 0 spiro atoms. The van der Waals surface area contributed by atoms with Gasteiger partial charge in [0.05, 0.1) is 19.3 Å². The molecular formula is C24H25FN2O3. The van der Waals surface area contributed by atoms with Gasteiger partial charge in [0.2, 0.25) is 0 Å². The standard InChI is InChI=1S/C24H25FN2O3/c1-4-5-14-30-20-12-8-18(9-13-20)23(2)15-21(24(25,16-26)22(28)27-23)17-6-10-19(29-3)11-7-17/h6-13,15H,4-5,14H2,1-3H3,(H,27,28)/t23-,24?/m1/s1. The molecule has 1 aliphatic rings. The maximum Gasteiger partial charge on any atom is 0.298 e. The van der Waals surface area contributed by atoms with Gasteiger partial charge in [-0.15, -0.1) is 0 Å². The predicted octanol–water partition coefficient (Wildman–Crippen LogP) is 4.53. The molecule has 2 aromatic rings. The average molecular weight is 408 g/mol. The van der Waals surface area contributed by atoms with Gasteiger partial charge in [-0.05, 0) is 54.8 Å². The fourth-order valence-corrected chi connectivity index (χ4v) is 3.42. The summed E-state index contributed by atoms with van der Waals surface area (Å²) < 4.78 is 26.3. The molecule has 1 aliphatic heterocycles. The molecule has 0 bridgehead atoms. The quantitative estimate of drug-likeness (QED) is 0.683. The normalized spacial score (nSPS) is 23.2. The Morgan fingerprint density at radius 1 is 1.10 bits per heavy atom. The summed E-state index contributed by atoms with van der Waals surface area (Å²) in [6.07, 6.45) is 3.62. The molecule has 2 aromatic carbocycles. The van der Waals surface area contributed by atoms with Crippen LogP contribution in [0.3, 0.4) is 0 Å². The van der Waals surface area contributed by atoms with E-state index >= 15 is 4.39 Å². The van der Waals surface area contributed by atoms with E-state index in [1.165, 1.54) is 13.2 Å². The van der Waals surface area contributed by atoms with Crippen LogP contribution in [0.4, 0.5) is 4.39 Å². The van der Waals surface area contributed by atoms with E-state index in [1.807, 2.05) is 24.3 Å². The third-order valence-electron chi connectivity index (χ3n) is 5.27. The van der Waals surface area contributed by atoms with Crippen molar-refractivity contribution in [1.82, 2.24) is 5.32 Å². The van der Waals surface area contributed by atoms with Crippen molar-refractivity contribution in [2.75, 3.05) is 13.7 Å². The molecule has 5 nitrogen and oxygen atoms in total. The lowest BCUT2D eigenvalue weighted by Crippen LogP contribution is -2.55. The lowest BCUT2D eigenvalue weighted by molar-refractivity contribution is -0.129. The predicted molar refractivity (Wildman–Crippen MR) is 113 cm³/mol. The zero-order valence-electron chi connectivity index (χ0n) is 17.4. The van der Waals surface area contributed by atoms with Crippen molar-refractivity contribution in [2.24, 2.45) is 0 Å². The molecule has 1 amide bonds. The van der Waals surface area contributed by atoms with Gasteiger partial charge in [0, 0.05) is 5.57 Å². The summed E-state index contributed by atoms with van der Waals surface area (Å²) >= 11 is 0. The number of amides is 1. The maximum absolute atomic E-state index is 15.4. The highest BCUT2D eigenvalue weighted by Crippen LogP contribution is 2.40. The number of carbonyl (C=O) groups excluding carboxylic acids is 1. The Labute approximate surface area is 176 Å². The minimum Gasteiger partial charge on any atom is -0.497 e. The number of rotatable bonds is 7. The molecule has 2 atom stereocenters. The number of ether oxygens (including phenoxy) is 2. The topological polar surface area (TPSA) is 71.3 Å². The maximum atomic E-state index is 15.4. The molecule has 0 saturated carbocycles. The van der Waals surface area contributed by atoms with E-state index < -0.39 is 17.1 Å². The first-order chi connectivity index (χ1) is 14.4. The van der Waals surface area contributed by atoms with Crippen LogP contribution < -0.4 is 14.8 Å². The third-order valence-corrected chi connectivity index (χ3v) is 5.27. The minimum atomic E-state index is -2.78. The lowest BCUT2D eigenvalue weighted by Gasteiger charge is -2.37. The zero-order chi connectivity index (χ0) is 21.8. The number of benzene rings is 2. The van der Waals surface area contributed by atoms with E-state index in [0.29, 0.717) is 17.9 Å². The number of nitrogens with one attached hydrogen (secondary N) is 1. The van der Waals surface area contributed by atoms with Crippen molar-refractivity contribution >= 4 is 11.5 Å². The van der Waals surface area contributed by atoms with E-state index in [1.54, 1.807) is 37.3 Å². The van der Waals surface area contributed by atoms with E-state index in [-0.39, 0.29) is 5.57 Å². The highest BCUT2D eigenvalue weighted by atomic mass is 19.1. The van der Waals surface area contributed by atoms with E-state index in [9.17, 15) is 10.1 Å². The van der Waals surface area contributed by atoms with E-state index in [0.717, 1.165) is 24.2 Å². The number of nitriles is 1. The second kappa shape index (κ2) is 8.58. The molecule has 1 heterocycles. The Morgan fingerprint density at radius 2 is 1.73 bits per heavy atom. The number of halogens is 1. The summed E-state index contributed by atoms with van der Waals surface area (Å²) in [6, 6.07) is 15.5. The molecule has 0 aromatic heterocycles. The summed E-state index contributed by atoms with van der Waals surface area (Å²) in [4.78, 5) is 12.7. The Balaban J connectivity index is 2.00. The largest absolute Gasteiger partial charge is 0.497 e. The Bertz CT molecular complexity index is 979. The lowest BCUT2D eigenvalue weighted by atomic mass is 9.78. The third kappa shape index (κ3) is 4.02. The number of unbranched alkanes of at least 4 members (excludes halogenated alkanes) is 1. The molecule has 0 fully saturated rings.